The molecule has 1 atom stereocenters. The summed E-state index contributed by atoms with van der Waals surface area (Å²) >= 11 is 5.91. The lowest BCUT2D eigenvalue weighted by Crippen LogP contribution is -2.16. The van der Waals surface area contributed by atoms with Gasteiger partial charge in [-0.15, -0.1) is 0 Å². The Kier molecular flexibility index (Phi) is 3.95. The zero-order valence-electron chi connectivity index (χ0n) is 9.62. The molecule has 7 nitrogen and oxygen atoms in total. The van der Waals surface area contributed by atoms with Crippen molar-refractivity contribution in [1.82, 2.24) is 19.5 Å². The number of nitrogen functional groups attached to an aromatic ring is 1. The molecule has 0 saturated heterocycles. The maximum absolute atomic E-state index is 9.21. The van der Waals surface area contributed by atoms with E-state index in [9.17, 15) is 5.11 Å². The van der Waals surface area contributed by atoms with Crippen LogP contribution < -0.4 is 5.73 Å². The predicted molar refractivity (Wildman–Crippen MR) is 67.0 cm³/mol. The molecule has 0 spiro atoms. The van der Waals surface area contributed by atoms with Gasteiger partial charge in [-0.2, -0.15) is 9.97 Å². The molecule has 8 heteroatoms. The van der Waals surface area contributed by atoms with Gasteiger partial charge in [0.15, 0.2) is 10.8 Å². The fraction of sp³-hybridized carbons (Fsp3) is 0.500. The highest BCUT2D eigenvalue weighted by molar-refractivity contribution is 6.33. The third-order valence-corrected chi connectivity index (χ3v) is 2.95. The van der Waals surface area contributed by atoms with Gasteiger partial charge in [0.1, 0.15) is 5.52 Å². The number of fused-ring (bicyclic) bond motifs is 1. The van der Waals surface area contributed by atoms with Gasteiger partial charge in [0.05, 0.1) is 6.33 Å². The highest BCUT2D eigenvalue weighted by Gasteiger charge is 2.14. The molecule has 0 amide bonds. The second kappa shape index (κ2) is 5.47. The summed E-state index contributed by atoms with van der Waals surface area (Å²) in [5.41, 5.74) is 6.55. The van der Waals surface area contributed by atoms with E-state index in [4.69, 9.17) is 22.4 Å². The molecule has 0 aromatic carbocycles. The highest BCUT2D eigenvalue weighted by atomic mass is 35.5. The topological polar surface area (TPSA) is 110 Å². The highest BCUT2D eigenvalue weighted by Crippen LogP contribution is 2.20. The first kappa shape index (κ1) is 13.0. The second-order valence-corrected chi connectivity index (χ2v) is 4.36. The van der Waals surface area contributed by atoms with E-state index < -0.39 is 0 Å². The van der Waals surface area contributed by atoms with Crippen LogP contribution in [0.25, 0.3) is 11.2 Å². The Hall–Kier alpha value is -1.44. The predicted octanol–water partition coefficient (Wildman–Crippen LogP) is 0.0528. The van der Waals surface area contributed by atoms with Gasteiger partial charge >= 0.3 is 0 Å². The van der Waals surface area contributed by atoms with E-state index in [-0.39, 0.29) is 30.2 Å². The number of halogens is 1. The summed E-state index contributed by atoms with van der Waals surface area (Å²) in [7, 11) is 0. The maximum atomic E-state index is 9.21. The Morgan fingerprint density at radius 1 is 1.39 bits per heavy atom. The Balaban J connectivity index is 2.34. The van der Waals surface area contributed by atoms with E-state index in [0.29, 0.717) is 24.1 Å². The van der Waals surface area contributed by atoms with Gasteiger partial charge in [-0.25, -0.2) is 4.98 Å². The van der Waals surface area contributed by atoms with Gasteiger partial charge in [0.25, 0.3) is 0 Å². The molecule has 0 aliphatic rings. The number of hydrogen-bond acceptors (Lipinski definition) is 6. The summed E-state index contributed by atoms with van der Waals surface area (Å²) in [6, 6.07) is 0. The lowest BCUT2D eigenvalue weighted by molar-refractivity contribution is 0.171. The van der Waals surface area contributed by atoms with E-state index in [1.165, 1.54) is 0 Å². The number of nitrogens with zero attached hydrogens (tertiary/aromatic N) is 4. The number of aromatic nitrogens is 4. The third kappa shape index (κ3) is 2.53. The molecule has 2 aromatic heterocycles. The van der Waals surface area contributed by atoms with Crippen LogP contribution >= 0.6 is 11.6 Å². The number of imidazole rings is 1. The van der Waals surface area contributed by atoms with Gasteiger partial charge < -0.3 is 20.5 Å². The van der Waals surface area contributed by atoms with Crippen molar-refractivity contribution in [3.63, 3.8) is 0 Å². The smallest absolute Gasteiger partial charge is 0.223 e. The molecular formula is C10H14ClN5O2. The Morgan fingerprint density at radius 2 is 2.17 bits per heavy atom. The van der Waals surface area contributed by atoms with Crippen LogP contribution in [0.2, 0.25) is 5.15 Å². The standard InChI is InChI=1S/C10H14ClN5O2/c11-8-7-9(15-10(12)14-8)16(5-13-7)3-6(4-18)1-2-17/h5-6,17-18H,1-4H2,(H2,12,14,15). The van der Waals surface area contributed by atoms with Crippen LogP contribution in [0.3, 0.4) is 0 Å². The van der Waals surface area contributed by atoms with Crippen molar-refractivity contribution >= 4 is 28.7 Å². The number of nitrogens with two attached hydrogens (primary N) is 1. The molecule has 2 rings (SSSR count). The van der Waals surface area contributed by atoms with Gasteiger partial charge in [-0.3, -0.25) is 0 Å². The zero-order chi connectivity index (χ0) is 13.1. The SMILES string of the molecule is Nc1nc(Cl)c2ncn(CC(CO)CCO)c2n1. The Morgan fingerprint density at radius 3 is 2.83 bits per heavy atom. The fourth-order valence-corrected chi connectivity index (χ4v) is 1.98. The summed E-state index contributed by atoms with van der Waals surface area (Å²) in [6.45, 7) is 0.491. The van der Waals surface area contributed by atoms with Crippen LogP contribution in [0, 0.1) is 5.92 Å². The van der Waals surface area contributed by atoms with Gasteiger partial charge in [-0.1, -0.05) is 11.6 Å². The second-order valence-electron chi connectivity index (χ2n) is 4.00. The first-order valence-corrected chi connectivity index (χ1v) is 5.89. The van der Waals surface area contributed by atoms with E-state index in [2.05, 4.69) is 15.0 Å². The number of aliphatic hydroxyl groups excluding tert-OH is 2. The van der Waals surface area contributed by atoms with E-state index in [1.807, 2.05) is 0 Å². The summed E-state index contributed by atoms with van der Waals surface area (Å²) in [5, 5.41) is 18.3. The van der Waals surface area contributed by atoms with E-state index >= 15 is 0 Å². The number of aliphatic hydroxyl groups is 2. The van der Waals surface area contributed by atoms with Gasteiger partial charge in [0.2, 0.25) is 5.95 Å². The molecule has 1 unspecified atom stereocenters. The Labute approximate surface area is 108 Å². The summed E-state index contributed by atoms with van der Waals surface area (Å²) < 4.78 is 1.75. The average Bonchev–Trinajstić information content (AvgIpc) is 2.72. The lowest BCUT2D eigenvalue weighted by atomic mass is 10.1. The average molecular weight is 272 g/mol. The largest absolute Gasteiger partial charge is 0.396 e. The molecule has 18 heavy (non-hydrogen) atoms. The summed E-state index contributed by atoms with van der Waals surface area (Å²) in [5.74, 6) is 0.0133. The number of anilines is 1. The molecule has 0 saturated carbocycles. The molecule has 0 radical (unpaired) electrons. The molecule has 0 fully saturated rings. The Bertz CT molecular complexity index is 544. The number of rotatable bonds is 5. The summed E-state index contributed by atoms with van der Waals surface area (Å²) in [6.07, 6.45) is 2.08. The molecule has 2 heterocycles. The van der Waals surface area contributed by atoms with E-state index in [1.54, 1.807) is 10.9 Å². The monoisotopic (exact) mass is 271 g/mol. The van der Waals surface area contributed by atoms with Crippen molar-refractivity contribution in [2.75, 3.05) is 18.9 Å². The fourth-order valence-electron chi connectivity index (χ4n) is 1.76. The molecule has 0 bridgehead atoms. The van der Waals surface area contributed by atoms with Crippen molar-refractivity contribution in [2.24, 2.45) is 5.92 Å². The first-order chi connectivity index (χ1) is 8.65. The normalized spacial score (nSPS) is 13.1. The van der Waals surface area contributed by atoms with Crippen molar-refractivity contribution in [1.29, 1.82) is 0 Å². The molecular weight excluding hydrogens is 258 g/mol. The van der Waals surface area contributed by atoms with Crippen LogP contribution in [-0.2, 0) is 6.54 Å². The van der Waals surface area contributed by atoms with Crippen LogP contribution in [0.5, 0.6) is 0 Å². The van der Waals surface area contributed by atoms with Crippen molar-refractivity contribution in [3.05, 3.63) is 11.5 Å². The van der Waals surface area contributed by atoms with Crippen LogP contribution in [0.4, 0.5) is 5.95 Å². The minimum atomic E-state index is -0.0673. The third-order valence-electron chi connectivity index (χ3n) is 2.69. The van der Waals surface area contributed by atoms with Crippen molar-refractivity contribution in [2.45, 2.75) is 13.0 Å². The van der Waals surface area contributed by atoms with Crippen molar-refractivity contribution in [3.8, 4) is 0 Å². The van der Waals surface area contributed by atoms with Crippen LogP contribution in [-0.4, -0.2) is 42.9 Å². The van der Waals surface area contributed by atoms with E-state index in [0.717, 1.165) is 0 Å². The molecule has 4 N–H and O–H groups in total. The molecule has 2 aromatic rings. The zero-order valence-corrected chi connectivity index (χ0v) is 10.4. The number of hydrogen-bond donors (Lipinski definition) is 3. The molecule has 0 aliphatic heterocycles. The van der Waals surface area contributed by atoms with Crippen molar-refractivity contribution < 1.29 is 10.2 Å². The van der Waals surface area contributed by atoms with Crippen LogP contribution in [0.15, 0.2) is 6.33 Å². The minimum Gasteiger partial charge on any atom is -0.396 e. The first-order valence-electron chi connectivity index (χ1n) is 5.51. The lowest BCUT2D eigenvalue weighted by Gasteiger charge is -2.13. The summed E-state index contributed by atoms with van der Waals surface area (Å²) in [4.78, 5) is 12.0. The quantitative estimate of drug-likeness (QED) is 0.663. The van der Waals surface area contributed by atoms with Crippen LogP contribution in [0.1, 0.15) is 6.42 Å². The minimum absolute atomic E-state index is 0.0193. The van der Waals surface area contributed by atoms with Gasteiger partial charge in [-0.05, 0) is 6.42 Å². The van der Waals surface area contributed by atoms with Gasteiger partial charge in [0, 0.05) is 25.7 Å². The maximum Gasteiger partial charge on any atom is 0.223 e. The molecule has 98 valence electrons. The molecule has 0 aliphatic carbocycles.